The highest BCUT2D eigenvalue weighted by molar-refractivity contribution is 4.81. The molecule has 0 radical (unpaired) electrons. The predicted molar refractivity (Wildman–Crippen MR) is 31.4 cm³/mol. The quantitative estimate of drug-likeness (QED) is 0.563. The Morgan fingerprint density at radius 1 is 1.20 bits per heavy atom. The number of hydrogen-bond donors (Lipinski definition) is 1. The van der Waals surface area contributed by atoms with Crippen molar-refractivity contribution in [3.8, 4) is 0 Å². The van der Waals surface area contributed by atoms with Crippen molar-refractivity contribution in [2.45, 2.75) is 31.5 Å². The smallest absolute Gasteiger partial charge is 0.328 e. The average Bonchev–Trinajstić information content (AvgIpc) is 2.11. The molecule has 0 unspecified atom stereocenters. The van der Waals surface area contributed by atoms with Gasteiger partial charge in [0.1, 0.15) is 0 Å². The van der Waals surface area contributed by atoms with Crippen molar-refractivity contribution in [1.82, 2.24) is 0 Å². The molecule has 10 heavy (non-hydrogen) atoms. The summed E-state index contributed by atoms with van der Waals surface area (Å²) in [6.45, 7) is 0. The Balaban J connectivity index is 2.45. The molecule has 0 aromatic carbocycles. The van der Waals surface area contributed by atoms with Crippen LogP contribution in [0.1, 0.15) is 19.3 Å². The second kappa shape index (κ2) is 2.42. The molecule has 1 saturated carbocycles. The zero-order chi connectivity index (χ0) is 7.78. The van der Waals surface area contributed by atoms with Gasteiger partial charge >= 0.3 is 6.18 Å². The van der Waals surface area contributed by atoms with E-state index < -0.39 is 12.1 Å². The van der Waals surface area contributed by atoms with E-state index >= 15 is 0 Å². The van der Waals surface area contributed by atoms with E-state index in [2.05, 4.69) is 0 Å². The van der Waals surface area contributed by atoms with Crippen LogP contribution in [0.4, 0.5) is 13.2 Å². The predicted octanol–water partition coefficient (Wildman–Crippen LogP) is 1.68. The Hall–Kier alpha value is -0.250. The Kier molecular flexibility index (Phi) is 1.90. The monoisotopic (exact) mass is 153 g/mol. The third-order valence-electron chi connectivity index (χ3n) is 1.94. The summed E-state index contributed by atoms with van der Waals surface area (Å²) >= 11 is 0. The number of hydrogen-bond acceptors (Lipinski definition) is 1. The van der Waals surface area contributed by atoms with Gasteiger partial charge < -0.3 is 5.73 Å². The van der Waals surface area contributed by atoms with Gasteiger partial charge in [-0.05, 0) is 19.3 Å². The first kappa shape index (κ1) is 7.85. The average molecular weight is 153 g/mol. The van der Waals surface area contributed by atoms with Crippen LogP contribution in [-0.2, 0) is 0 Å². The molecule has 0 heterocycles. The third-order valence-corrected chi connectivity index (χ3v) is 1.94. The summed E-state index contributed by atoms with van der Waals surface area (Å²) in [6, 6.07) is -0.230. The summed E-state index contributed by atoms with van der Waals surface area (Å²) in [6.07, 6.45) is -3.17. The maximum atomic E-state index is 11.9. The minimum absolute atomic E-state index is 0.115. The van der Waals surface area contributed by atoms with Crippen molar-refractivity contribution in [2.24, 2.45) is 11.7 Å². The highest BCUT2D eigenvalue weighted by Gasteiger charge is 2.42. The highest BCUT2D eigenvalue weighted by atomic mass is 19.4. The van der Waals surface area contributed by atoms with Gasteiger partial charge in [0.15, 0.2) is 0 Å². The normalized spacial score (nSPS) is 34.8. The van der Waals surface area contributed by atoms with Crippen LogP contribution in [-0.4, -0.2) is 12.2 Å². The molecule has 0 saturated heterocycles. The zero-order valence-corrected chi connectivity index (χ0v) is 5.49. The molecule has 4 heteroatoms. The summed E-state index contributed by atoms with van der Waals surface area (Å²) in [5, 5.41) is 0. The fourth-order valence-electron chi connectivity index (χ4n) is 1.31. The van der Waals surface area contributed by atoms with Gasteiger partial charge in [0.2, 0.25) is 0 Å². The zero-order valence-electron chi connectivity index (χ0n) is 5.49. The van der Waals surface area contributed by atoms with Crippen molar-refractivity contribution in [3.63, 3.8) is 0 Å². The molecule has 1 rings (SSSR count). The molecule has 2 atom stereocenters. The number of rotatable bonds is 0. The number of halogens is 3. The molecular formula is C6H10F3N. The van der Waals surface area contributed by atoms with Crippen LogP contribution in [0, 0.1) is 5.92 Å². The molecule has 1 aliphatic carbocycles. The van der Waals surface area contributed by atoms with Crippen molar-refractivity contribution < 1.29 is 13.2 Å². The van der Waals surface area contributed by atoms with E-state index in [1.807, 2.05) is 0 Å². The molecule has 0 aliphatic heterocycles. The van der Waals surface area contributed by atoms with E-state index in [4.69, 9.17) is 5.73 Å². The molecule has 0 aromatic heterocycles. The summed E-state index contributed by atoms with van der Waals surface area (Å²) in [4.78, 5) is 0. The summed E-state index contributed by atoms with van der Waals surface area (Å²) < 4.78 is 35.6. The Bertz CT molecular complexity index is 121. The van der Waals surface area contributed by atoms with Crippen molar-refractivity contribution in [1.29, 1.82) is 0 Å². The number of nitrogens with two attached hydrogens (primary N) is 1. The molecule has 1 fully saturated rings. The minimum atomic E-state index is -4.02. The van der Waals surface area contributed by atoms with E-state index in [9.17, 15) is 13.2 Å². The van der Waals surface area contributed by atoms with E-state index in [1.54, 1.807) is 0 Å². The van der Waals surface area contributed by atoms with Gasteiger partial charge in [-0.25, -0.2) is 0 Å². The van der Waals surface area contributed by atoms with Crippen LogP contribution in [0.3, 0.4) is 0 Å². The van der Waals surface area contributed by atoms with Crippen LogP contribution in [0.15, 0.2) is 0 Å². The molecule has 1 nitrogen and oxygen atoms in total. The fraction of sp³-hybridized carbons (Fsp3) is 1.00. The van der Waals surface area contributed by atoms with Crippen LogP contribution >= 0.6 is 0 Å². The second-order valence-electron chi connectivity index (χ2n) is 2.81. The Morgan fingerprint density at radius 3 is 2.00 bits per heavy atom. The third kappa shape index (κ3) is 1.62. The lowest BCUT2D eigenvalue weighted by Gasteiger charge is -2.12. The molecular weight excluding hydrogens is 143 g/mol. The van der Waals surface area contributed by atoms with Gasteiger partial charge in [-0.1, -0.05) is 0 Å². The molecule has 60 valence electrons. The van der Waals surface area contributed by atoms with E-state index in [0.29, 0.717) is 6.42 Å². The first-order valence-corrected chi connectivity index (χ1v) is 3.32. The SMILES string of the molecule is N[C@@H]1CC[C@H](C(F)(F)F)C1. The minimum Gasteiger partial charge on any atom is -0.328 e. The summed E-state index contributed by atoms with van der Waals surface area (Å²) in [5.41, 5.74) is 5.32. The molecule has 0 aromatic rings. The Labute approximate surface area is 57.4 Å². The Morgan fingerprint density at radius 2 is 1.80 bits per heavy atom. The van der Waals surface area contributed by atoms with E-state index in [-0.39, 0.29) is 18.9 Å². The first-order chi connectivity index (χ1) is 4.50. The van der Waals surface area contributed by atoms with Crippen LogP contribution in [0.2, 0.25) is 0 Å². The van der Waals surface area contributed by atoms with Crippen molar-refractivity contribution in [3.05, 3.63) is 0 Å². The fourth-order valence-corrected chi connectivity index (χ4v) is 1.31. The van der Waals surface area contributed by atoms with Gasteiger partial charge in [-0.2, -0.15) is 13.2 Å². The molecule has 2 N–H and O–H groups in total. The maximum Gasteiger partial charge on any atom is 0.391 e. The van der Waals surface area contributed by atoms with Gasteiger partial charge in [0.25, 0.3) is 0 Å². The van der Waals surface area contributed by atoms with E-state index in [0.717, 1.165) is 0 Å². The van der Waals surface area contributed by atoms with E-state index in [1.165, 1.54) is 0 Å². The summed E-state index contributed by atoms with van der Waals surface area (Å²) in [5.74, 6) is -1.14. The standard InChI is InChI=1S/C6H10F3N/c7-6(8,9)4-1-2-5(10)3-4/h4-5H,1-3,10H2/t4-,5+/m0/s1. The molecule has 0 amide bonds. The summed E-state index contributed by atoms with van der Waals surface area (Å²) in [7, 11) is 0. The molecule has 1 aliphatic rings. The number of alkyl halides is 3. The molecule has 0 bridgehead atoms. The van der Waals surface area contributed by atoms with Gasteiger partial charge in [0, 0.05) is 6.04 Å². The molecule has 0 spiro atoms. The van der Waals surface area contributed by atoms with Crippen LogP contribution in [0.5, 0.6) is 0 Å². The lowest BCUT2D eigenvalue weighted by molar-refractivity contribution is -0.172. The maximum absolute atomic E-state index is 11.9. The lowest BCUT2D eigenvalue weighted by atomic mass is 10.1. The topological polar surface area (TPSA) is 26.0 Å². The second-order valence-corrected chi connectivity index (χ2v) is 2.81. The lowest BCUT2D eigenvalue weighted by Crippen LogP contribution is -2.22. The van der Waals surface area contributed by atoms with Crippen molar-refractivity contribution in [2.75, 3.05) is 0 Å². The first-order valence-electron chi connectivity index (χ1n) is 3.32. The van der Waals surface area contributed by atoms with Gasteiger partial charge in [0.05, 0.1) is 5.92 Å². The van der Waals surface area contributed by atoms with Crippen molar-refractivity contribution >= 4 is 0 Å². The van der Waals surface area contributed by atoms with Crippen LogP contribution in [0.25, 0.3) is 0 Å². The van der Waals surface area contributed by atoms with Gasteiger partial charge in [-0.3, -0.25) is 0 Å². The largest absolute Gasteiger partial charge is 0.391 e. The van der Waals surface area contributed by atoms with Gasteiger partial charge in [-0.15, -0.1) is 0 Å². The highest BCUT2D eigenvalue weighted by Crippen LogP contribution is 2.37. The van der Waals surface area contributed by atoms with Crippen LogP contribution < -0.4 is 5.73 Å².